The van der Waals surface area contributed by atoms with Crippen molar-refractivity contribution >= 4 is 84.5 Å². The summed E-state index contributed by atoms with van der Waals surface area (Å²) in [4.78, 5) is 56.3. The van der Waals surface area contributed by atoms with E-state index in [1.54, 1.807) is 85.3 Å². The molecule has 0 spiro atoms. The number of nitrogens with two attached hydrogens (primary N) is 1. The van der Waals surface area contributed by atoms with Crippen LogP contribution >= 0.6 is 34.8 Å². The first kappa shape index (κ1) is 66.5. The van der Waals surface area contributed by atoms with Crippen LogP contribution in [0.5, 0.6) is 28.7 Å². The van der Waals surface area contributed by atoms with Gasteiger partial charge in [0.05, 0.1) is 75.8 Å². The molecule has 0 aliphatic heterocycles. The molecule has 0 radical (unpaired) electrons. The Hall–Kier alpha value is -9.03. The smallest absolute Gasteiger partial charge is 0.335 e. The Balaban J connectivity index is 0.000000181. The van der Waals surface area contributed by atoms with Gasteiger partial charge in [-0.2, -0.15) is 0 Å². The number of carboxylic acid groups (broad SMARTS) is 1. The molecule has 10 rings (SSSR count). The van der Waals surface area contributed by atoms with Gasteiger partial charge in [-0.25, -0.2) is 23.5 Å². The number of methoxy groups -OCH3 is 5. The zero-order valence-corrected chi connectivity index (χ0v) is 49.9. The summed E-state index contributed by atoms with van der Waals surface area (Å²) in [6.45, 7) is -1.45. The fourth-order valence-electron chi connectivity index (χ4n) is 8.79. The highest BCUT2D eigenvalue weighted by atomic mass is 35.5. The Morgan fingerprint density at radius 1 is 0.523 bits per heavy atom. The average Bonchev–Trinajstić information content (AvgIpc) is 3.16. The Morgan fingerprint density at radius 2 is 0.909 bits per heavy atom. The number of fused-ring (bicyclic) bond motifs is 3. The number of pyridine rings is 5. The number of halogens is 5. The normalized spacial score (nSPS) is 12.2. The van der Waals surface area contributed by atoms with Gasteiger partial charge in [0, 0.05) is 70.0 Å². The molecule has 5 heterocycles. The third-order valence-electron chi connectivity index (χ3n) is 13.6. The summed E-state index contributed by atoms with van der Waals surface area (Å²) in [5.41, 5.74) is 7.04. The maximum absolute atomic E-state index is 13.7. The van der Waals surface area contributed by atoms with Crippen LogP contribution < -0.4 is 29.4 Å². The predicted octanol–water partition coefficient (Wildman–Crippen LogP) is 11.2. The van der Waals surface area contributed by atoms with Crippen molar-refractivity contribution in [3.8, 4) is 51.3 Å². The van der Waals surface area contributed by atoms with Gasteiger partial charge in [-0.1, -0.05) is 41.4 Å². The first-order valence-electron chi connectivity index (χ1n) is 26.3. The summed E-state index contributed by atoms with van der Waals surface area (Å²) < 4.78 is 53.2. The second kappa shape index (κ2) is 30.1. The van der Waals surface area contributed by atoms with Crippen LogP contribution in [0.25, 0.3) is 55.2 Å². The third kappa shape index (κ3) is 15.6. The quantitative estimate of drug-likeness (QED) is 0.0344. The number of hydrogen-bond acceptors (Lipinski definition) is 18. The number of hydrogen-bond donors (Lipinski definition) is 6. The number of benzene rings is 5. The van der Waals surface area contributed by atoms with Gasteiger partial charge in [-0.3, -0.25) is 24.5 Å². The van der Waals surface area contributed by atoms with Crippen molar-refractivity contribution in [2.24, 2.45) is 5.73 Å². The molecule has 10 aromatic rings. The molecule has 5 aromatic heterocycles. The molecule has 0 amide bonds. The van der Waals surface area contributed by atoms with E-state index < -0.39 is 47.3 Å². The summed E-state index contributed by atoms with van der Waals surface area (Å²) >= 11 is 17.1. The topological polar surface area (TPSA) is 289 Å². The lowest BCUT2D eigenvalue weighted by Gasteiger charge is -2.26. The molecule has 19 nitrogen and oxygen atoms in total. The number of nitrogens with zero attached hydrogens (tertiary/aromatic N) is 5. The van der Waals surface area contributed by atoms with Crippen molar-refractivity contribution in [3.63, 3.8) is 0 Å². The molecular formula is C64H57Cl3F2N6O13. The number of carbonyl (C=O) groups is 3. The van der Waals surface area contributed by atoms with Crippen molar-refractivity contribution in [2.45, 2.75) is 24.0 Å². The van der Waals surface area contributed by atoms with Gasteiger partial charge in [0.15, 0.2) is 5.78 Å². The number of carbonyl (C=O) groups excluding carboxylic acids is 2. The van der Waals surface area contributed by atoms with E-state index in [1.165, 1.54) is 90.1 Å². The second-order valence-electron chi connectivity index (χ2n) is 19.1. The standard InChI is InChI=1S/C27H24ClFN2O5.C15H16ClFN2O3.C11H8ClNO2.C11H9NO3/c1-35-22-7-8-24(31-26(22)17-5-6-20(29)19(28)13-17)27(34,15-32)10-9-21(33)18-12-16-4-3-11-30-25(16)23(14-18)36-2;1-22-12-4-5-13(15(21,7-18)8-20)19-14(12)9-2-3-11(17)10(16)6-9;1-15-9-6-8(11(12)14)5-7-3-2-4-13-10(7)9;1-15-9-6-8(11(13)14)5-7-3-2-4-12-10(7)9/h3-8,11-14,32,34H,9-10,15H2,1-2H3;2-6,20-21H,7-8,18H2,1H3;2-6H,1H3;2-6H,1H3,(H,13,14). The molecule has 24 heteroatoms. The van der Waals surface area contributed by atoms with E-state index in [-0.39, 0.29) is 52.2 Å². The number of rotatable bonds is 18. The highest BCUT2D eigenvalue weighted by Crippen LogP contribution is 2.37. The lowest BCUT2D eigenvalue weighted by molar-refractivity contribution is -0.0298. The molecule has 0 aliphatic rings. The second-order valence-corrected chi connectivity index (χ2v) is 20.3. The van der Waals surface area contributed by atoms with Gasteiger partial charge in [0.2, 0.25) is 0 Å². The van der Waals surface area contributed by atoms with Crippen molar-refractivity contribution < 1.29 is 72.4 Å². The summed E-state index contributed by atoms with van der Waals surface area (Å²) in [7, 11) is 7.45. The molecular weight excluding hydrogens is 1210 g/mol. The number of ether oxygens (including phenoxy) is 5. The maximum Gasteiger partial charge on any atom is 0.335 e. The zero-order valence-electron chi connectivity index (χ0n) is 47.7. The van der Waals surface area contributed by atoms with Crippen LogP contribution in [0.2, 0.25) is 10.0 Å². The van der Waals surface area contributed by atoms with Crippen LogP contribution in [0.3, 0.4) is 0 Å². The van der Waals surface area contributed by atoms with Crippen molar-refractivity contribution in [3.05, 3.63) is 202 Å². The minimum atomic E-state index is -1.82. The number of aromatic carboxylic acids is 1. The van der Waals surface area contributed by atoms with Gasteiger partial charge in [-0.05, 0) is 133 Å². The molecule has 0 saturated carbocycles. The van der Waals surface area contributed by atoms with E-state index in [0.717, 1.165) is 21.7 Å². The summed E-state index contributed by atoms with van der Waals surface area (Å²) in [6, 6.07) is 34.9. The molecule has 0 saturated heterocycles. The molecule has 0 aliphatic carbocycles. The number of aliphatic hydroxyl groups is 4. The zero-order chi connectivity index (χ0) is 63.9. The van der Waals surface area contributed by atoms with Crippen molar-refractivity contribution in [2.75, 3.05) is 55.3 Å². The van der Waals surface area contributed by atoms with Gasteiger partial charge in [0.25, 0.3) is 5.24 Å². The van der Waals surface area contributed by atoms with E-state index >= 15 is 0 Å². The fourth-order valence-corrected chi connectivity index (χ4v) is 9.26. The monoisotopic (exact) mass is 1260 g/mol. The van der Waals surface area contributed by atoms with E-state index in [1.807, 2.05) is 12.1 Å². The van der Waals surface area contributed by atoms with E-state index in [4.69, 9.17) is 69.3 Å². The number of aromatic nitrogens is 5. The predicted molar refractivity (Wildman–Crippen MR) is 329 cm³/mol. The van der Waals surface area contributed by atoms with Crippen LogP contribution in [-0.4, -0.2) is 123 Å². The summed E-state index contributed by atoms with van der Waals surface area (Å²) in [5, 5.41) is 51.5. The highest BCUT2D eigenvalue weighted by molar-refractivity contribution is 6.67. The van der Waals surface area contributed by atoms with E-state index in [9.17, 15) is 43.6 Å². The van der Waals surface area contributed by atoms with Gasteiger partial charge in [0.1, 0.15) is 79.5 Å². The third-order valence-corrected chi connectivity index (χ3v) is 14.4. The Kier molecular flexibility index (Phi) is 22.7. The van der Waals surface area contributed by atoms with Crippen molar-refractivity contribution in [1.82, 2.24) is 24.9 Å². The van der Waals surface area contributed by atoms with Crippen LogP contribution in [0, 0.1) is 11.6 Å². The fraction of sp³-hybridized carbons (Fsp3) is 0.188. The van der Waals surface area contributed by atoms with Gasteiger partial charge < -0.3 is 55.0 Å². The Morgan fingerprint density at radius 3 is 1.28 bits per heavy atom. The number of carboxylic acids is 1. The van der Waals surface area contributed by atoms with E-state index in [2.05, 4.69) is 24.9 Å². The lowest BCUT2D eigenvalue weighted by atomic mass is 9.91. The molecule has 456 valence electrons. The molecule has 2 unspecified atom stereocenters. The van der Waals surface area contributed by atoms with Crippen LogP contribution in [0.4, 0.5) is 8.78 Å². The Bertz CT molecular complexity index is 4070. The van der Waals surface area contributed by atoms with Crippen LogP contribution in [0.1, 0.15) is 55.3 Å². The largest absolute Gasteiger partial charge is 0.494 e. The lowest BCUT2D eigenvalue weighted by Crippen LogP contribution is -2.39. The van der Waals surface area contributed by atoms with Gasteiger partial charge >= 0.3 is 5.97 Å². The van der Waals surface area contributed by atoms with Crippen molar-refractivity contribution in [1.29, 1.82) is 0 Å². The molecule has 7 N–H and O–H groups in total. The first-order valence-corrected chi connectivity index (χ1v) is 27.4. The summed E-state index contributed by atoms with van der Waals surface area (Å²) in [5.74, 6) is -0.0605. The molecule has 88 heavy (non-hydrogen) atoms. The first-order chi connectivity index (χ1) is 42.2. The van der Waals surface area contributed by atoms with E-state index in [0.29, 0.717) is 73.4 Å². The van der Waals surface area contributed by atoms with Crippen LogP contribution in [-0.2, 0) is 11.2 Å². The number of ketones is 1. The molecule has 5 aromatic carbocycles. The van der Waals surface area contributed by atoms with Gasteiger partial charge in [-0.15, -0.1) is 0 Å². The number of Topliss-reactive ketones (excluding diaryl/α,β-unsaturated/α-hetero) is 1. The molecule has 0 fully saturated rings. The number of aliphatic hydroxyl groups excluding tert-OH is 2. The highest BCUT2D eigenvalue weighted by Gasteiger charge is 2.33. The Labute approximate surface area is 517 Å². The molecule has 2 atom stereocenters. The maximum atomic E-state index is 13.7. The average molecular weight is 1260 g/mol. The summed E-state index contributed by atoms with van der Waals surface area (Å²) in [6.07, 6.45) is 4.79. The molecule has 0 bridgehead atoms. The van der Waals surface area contributed by atoms with Crippen LogP contribution in [0.15, 0.2) is 152 Å². The SMILES string of the molecule is COc1cc(C(=O)Cl)cc2cccnc12.COc1cc(C(=O)O)cc2cccnc12.COc1ccc(C(O)(CN)CO)nc1-c1ccc(F)c(Cl)c1.COc1ccc(C(O)(CO)CCC(=O)c2cc(OC)c3ncccc3c2)nc1-c1ccc(F)c(Cl)c1. The minimum Gasteiger partial charge on any atom is -0.494 e. The minimum absolute atomic E-state index is 0.0528.